The number of benzene rings is 2. The van der Waals surface area contributed by atoms with Crippen molar-refractivity contribution in [2.45, 2.75) is 6.54 Å². The molecule has 21 heavy (non-hydrogen) atoms. The molecular weight excluding hydrogens is 262 g/mol. The van der Waals surface area contributed by atoms with Gasteiger partial charge in [0.05, 0.1) is 12.8 Å². The van der Waals surface area contributed by atoms with Crippen LogP contribution in [0.4, 0.5) is 5.69 Å². The number of nitrogens with zero attached hydrogens (tertiary/aromatic N) is 2. The predicted octanol–water partition coefficient (Wildman–Crippen LogP) is 3.19. The largest absolute Gasteiger partial charge is 0.495 e. The Morgan fingerprint density at radius 3 is 2.67 bits per heavy atom. The van der Waals surface area contributed by atoms with E-state index in [2.05, 4.69) is 21.7 Å². The lowest BCUT2D eigenvalue weighted by Gasteiger charge is -2.10. The van der Waals surface area contributed by atoms with Gasteiger partial charge in [0.1, 0.15) is 11.6 Å². The number of hydrogen-bond acceptors (Lipinski definition) is 3. The highest BCUT2D eigenvalue weighted by molar-refractivity contribution is 5.56. The van der Waals surface area contributed by atoms with Gasteiger partial charge in [0.25, 0.3) is 0 Å². The molecule has 0 spiro atoms. The molecule has 4 heteroatoms. The topological polar surface area (TPSA) is 53.1 Å². The fraction of sp³-hybridized carbons (Fsp3) is 0.118. The van der Waals surface area contributed by atoms with Gasteiger partial charge in [0.2, 0.25) is 0 Å². The van der Waals surface area contributed by atoms with E-state index in [9.17, 15) is 0 Å². The van der Waals surface area contributed by atoms with Gasteiger partial charge in [0.15, 0.2) is 0 Å². The highest BCUT2D eigenvalue weighted by Crippen LogP contribution is 2.24. The molecule has 4 nitrogen and oxygen atoms in total. The second-order valence-electron chi connectivity index (χ2n) is 4.82. The van der Waals surface area contributed by atoms with E-state index in [4.69, 9.17) is 10.5 Å². The first-order chi connectivity index (χ1) is 10.3. The summed E-state index contributed by atoms with van der Waals surface area (Å²) < 4.78 is 7.29. The van der Waals surface area contributed by atoms with Crippen molar-refractivity contribution in [1.29, 1.82) is 0 Å². The molecule has 0 radical (unpaired) electrons. The molecule has 106 valence electrons. The third-order valence-electron chi connectivity index (χ3n) is 3.39. The maximum absolute atomic E-state index is 5.96. The van der Waals surface area contributed by atoms with Crippen molar-refractivity contribution >= 4 is 5.69 Å². The summed E-state index contributed by atoms with van der Waals surface area (Å²) in [6, 6.07) is 16.0. The van der Waals surface area contributed by atoms with Crippen LogP contribution < -0.4 is 10.5 Å². The quantitative estimate of drug-likeness (QED) is 0.746. The van der Waals surface area contributed by atoms with E-state index >= 15 is 0 Å². The standard InChI is InChI=1S/C17H17N3O/c1-21-16-8-7-13(11-15(16)18)12-20-10-9-19-17(20)14-5-3-2-4-6-14/h2-11H,12,18H2,1H3. The van der Waals surface area contributed by atoms with Gasteiger partial charge in [-0.05, 0) is 17.7 Å². The zero-order valence-corrected chi connectivity index (χ0v) is 11.9. The molecule has 0 aliphatic heterocycles. The summed E-state index contributed by atoms with van der Waals surface area (Å²) in [5.41, 5.74) is 8.82. The van der Waals surface area contributed by atoms with Crippen LogP contribution in [0.3, 0.4) is 0 Å². The van der Waals surface area contributed by atoms with Crippen molar-refractivity contribution in [3.8, 4) is 17.1 Å². The normalized spacial score (nSPS) is 10.5. The van der Waals surface area contributed by atoms with Crippen molar-refractivity contribution in [2.75, 3.05) is 12.8 Å². The maximum Gasteiger partial charge on any atom is 0.141 e. The number of imidazole rings is 1. The molecule has 1 heterocycles. The number of nitrogen functional groups attached to an aromatic ring is 1. The Balaban J connectivity index is 1.90. The number of anilines is 1. The number of methoxy groups -OCH3 is 1. The molecule has 1 aromatic heterocycles. The molecule has 0 fully saturated rings. The first-order valence-electron chi connectivity index (χ1n) is 6.77. The molecule has 0 saturated carbocycles. The highest BCUT2D eigenvalue weighted by Gasteiger charge is 2.07. The zero-order valence-electron chi connectivity index (χ0n) is 11.9. The molecule has 0 aliphatic rings. The Hall–Kier alpha value is -2.75. The third kappa shape index (κ3) is 2.74. The van der Waals surface area contributed by atoms with Crippen LogP contribution >= 0.6 is 0 Å². The second-order valence-corrected chi connectivity index (χ2v) is 4.82. The van der Waals surface area contributed by atoms with Crippen molar-refractivity contribution in [3.05, 3.63) is 66.5 Å². The monoisotopic (exact) mass is 279 g/mol. The molecule has 2 N–H and O–H groups in total. The SMILES string of the molecule is COc1ccc(Cn2ccnc2-c2ccccc2)cc1N. The van der Waals surface area contributed by atoms with Crippen LogP contribution in [0, 0.1) is 0 Å². The first kappa shape index (κ1) is 13.2. The van der Waals surface area contributed by atoms with Crippen LogP contribution in [-0.4, -0.2) is 16.7 Å². The summed E-state index contributed by atoms with van der Waals surface area (Å²) in [5.74, 6) is 1.65. The van der Waals surface area contributed by atoms with E-state index in [0.29, 0.717) is 11.4 Å². The minimum atomic E-state index is 0.649. The predicted molar refractivity (Wildman–Crippen MR) is 84.2 cm³/mol. The van der Waals surface area contributed by atoms with Crippen LogP contribution in [0.1, 0.15) is 5.56 Å². The summed E-state index contributed by atoms with van der Waals surface area (Å²) in [6.07, 6.45) is 3.79. The highest BCUT2D eigenvalue weighted by atomic mass is 16.5. The minimum absolute atomic E-state index is 0.649. The van der Waals surface area contributed by atoms with Gasteiger partial charge in [-0.3, -0.25) is 0 Å². The number of aromatic nitrogens is 2. The van der Waals surface area contributed by atoms with Gasteiger partial charge in [-0.2, -0.15) is 0 Å². The molecule has 0 atom stereocenters. The van der Waals surface area contributed by atoms with Crippen LogP contribution in [0.25, 0.3) is 11.4 Å². The number of hydrogen-bond donors (Lipinski definition) is 1. The van der Waals surface area contributed by atoms with Crippen molar-refractivity contribution in [2.24, 2.45) is 0 Å². The average Bonchev–Trinajstić information content (AvgIpc) is 2.96. The second kappa shape index (κ2) is 5.71. The summed E-state index contributed by atoms with van der Waals surface area (Å²) in [4.78, 5) is 4.45. The van der Waals surface area contributed by atoms with Crippen LogP contribution in [0.5, 0.6) is 5.75 Å². The van der Waals surface area contributed by atoms with Gasteiger partial charge in [-0.25, -0.2) is 4.98 Å². The number of ether oxygens (including phenoxy) is 1. The van der Waals surface area contributed by atoms with E-state index in [1.165, 1.54) is 0 Å². The molecular formula is C17H17N3O. The average molecular weight is 279 g/mol. The Morgan fingerprint density at radius 2 is 1.95 bits per heavy atom. The summed E-state index contributed by atoms with van der Waals surface area (Å²) >= 11 is 0. The van der Waals surface area contributed by atoms with Gasteiger partial charge in [-0.1, -0.05) is 36.4 Å². The fourth-order valence-corrected chi connectivity index (χ4v) is 2.36. The van der Waals surface area contributed by atoms with Crippen molar-refractivity contribution < 1.29 is 4.74 Å². The molecule has 3 rings (SSSR count). The Morgan fingerprint density at radius 1 is 1.14 bits per heavy atom. The fourth-order valence-electron chi connectivity index (χ4n) is 2.36. The summed E-state index contributed by atoms with van der Waals surface area (Å²) in [7, 11) is 1.62. The van der Waals surface area contributed by atoms with Crippen LogP contribution in [0.2, 0.25) is 0 Å². The van der Waals surface area contributed by atoms with E-state index in [1.54, 1.807) is 7.11 Å². The molecule has 0 amide bonds. The van der Waals surface area contributed by atoms with Gasteiger partial charge < -0.3 is 15.0 Å². The van der Waals surface area contributed by atoms with Crippen molar-refractivity contribution in [1.82, 2.24) is 9.55 Å². The summed E-state index contributed by atoms with van der Waals surface area (Å²) in [5, 5.41) is 0. The smallest absolute Gasteiger partial charge is 0.141 e. The molecule has 0 unspecified atom stereocenters. The third-order valence-corrected chi connectivity index (χ3v) is 3.39. The molecule has 0 aliphatic carbocycles. The van der Waals surface area contributed by atoms with Gasteiger partial charge in [0, 0.05) is 24.5 Å². The number of rotatable bonds is 4. The molecule has 0 bridgehead atoms. The van der Waals surface area contributed by atoms with Gasteiger partial charge in [-0.15, -0.1) is 0 Å². The maximum atomic E-state index is 5.96. The Labute approximate surface area is 123 Å². The van der Waals surface area contributed by atoms with Crippen LogP contribution in [0.15, 0.2) is 60.9 Å². The van der Waals surface area contributed by atoms with Gasteiger partial charge >= 0.3 is 0 Å². The minimum Gasteiger partial charge on any atom is -0.495 e. The van der Waals surface area contributed by atoms with E-state index in [0.717, 1.165) is 23.5 Å². The lowest BCUT2D eigenvalue weighted by atomic mass is 10.1. The lowest BCUT2D eigenvalue weighted by molar-refractivity contribution is 0.417. The summed E-state index contributed by atoms with van der Waals surface area (Å²) in [6.45, 7) is 0.721. The molecule has 3 aromatic rings. The Kier molecular flexibility index (Phi) is 3.60. The van der Waals surface area contributed by atoms with E-state index < -0.39 is 0 Å². The molecule has 0 saturated heterocycles. The lowest BCUT2D eigenvalue weighted by Crippen LogP contribution is -2.02. The Bertz CT molecular complexity index is 735. The van der Waals surface area contributed by atoms with E-state index in [1.807, 2.05) is 48.8 Å². The zero-order chi connectivity index (χ0) is 14.7. The number of nitrogens with two attached hydrogens (primary N) is 1. The molecule has 2 aromatic carbocycles. The first-order valence-corrected chi connectivity index (χ1v) is 6.77. The van der Waals surface area contributed by atoms with Crippen molar-refractivity contribution in [3.63, 3.8) is 0 Å². The van der Waals surface area contributed by atoms with Crippen LogP contribution in [-0.2, 0) is 6.54 Å². The van der Waals surface area contributed by atoms with E-state index in [-0.39, 0.29) is 0 Å².